The minimum absolute atomic E-state index is 0.0167. The number of fused-ring (bicyclic) bond motifs is 1. The second-order valence-electron chi connectivity index (χ2n) is 8.87. The lowest BCUT2D eigenvalue weighted by Gasteiger charge is -2.25. The normalized spacial score (nSPS) is 17.5. The Labute approximate surface area is 202 Å². The van der Waals surface area contributed by atoms with E-state index in [1.807, 2.05) is 73.3 Å². The number of hydrogen-bond acceptors (Lipinski definition) is 3. The number of benzene rings is 3. The van der Waals surface area contributed by atoms with Crippen molar-refractivity contribution in [1.82, 2.24) is 4.57 Å². The summed E-state index contributed by atoms with van der Waals surface area (Å²) in [7, 11) is 1.90. The molecule has 1 atom stereocenters. The van der Waals surface area contributed by atoms with Crippen LogP contribution in [0.1, 0.15) is 35.2 Å². The molecule has 4 aromatic rings. The van der Waals surface area contributed by atoms with Gasteiger partial charge in [-0.25, -0.2) is 4.39 Å². The second kappa shape index (κ2) is 8.55. The molecule has 0 saturated carbocycles. The van der Waals surface area contributed by atoms with Gasteiger partial charge in [-0.3, -0.25) is 14.5 Å². The topological polar surface area (TPSA) is 62.5 Å². The zero-order chi connectivity index (χ0) is 24.9. The van der Waals surface area contributed by atoms with Crippen LogP contribution < -0.4 is 4.90 Å². The summed E-state index contributed by atoms with van der Waals surface area (Å²) in [4.78, 5) is 28.3. The predicted molar refractivity (Wildman–Crippen MR) is 135 cm³/mol. The van der Waals surface area contributed by atoms with Crippen molar-refractivity contribution in [3.05, 3.63) is 107 Å². The van der Waals surface area contributed by atoms with Gasteiger partial charge in [0.2, 0.25) is 0 Å². The zero-order valence-electron chi connectivity index (χ0n) is 19.7. The maximum atomic E-state index is 13.9. The number of nitrogens with zero attached hydrogens (tertiary/aromatic N) is 2. The van der Waals surface area contributed by atoms with Crippen LogP contribution in [0.15, 0.2) is 78.5 Å². The molecule has 3 aromatic carbocycles. The molecule has 1 unspecified atom stereocenters. The van der Waals surface area contributed by atoms with Crippen LogP contribution in [0.25, 0.3) is 16.7 Å². The molecule has 35 heavy (non-hydrogen) atoms. The van der Waals surface area contributed by atoms with E-state index >= 15 is 0 Å². The van der Waals surface area contributed by atoms with Crippen molar-refractivity contribution < 1.29 is 19.1 Å². The number of carbonyl (C=O) groups excluding carboxylic acids is 2. The van der Waals surface area contributed by atoms with Gasteiger partial charge in [-0.2, -0.15) is 0 Å². The van der Waals surface area contributed by atoms with Crippen molar-refractivity contribution >= 4 is 34.0 Å². The van der Waals surface area contributed by atoms with Crippen molar-refractivity contribution in [3.8, 4) is 0 Å². The molecule has 2 heterocycles. The predicted octanol–water partition coefficient (Wildman–Crippen LogP) is 5.81. The van der Waals surface area contributed by atoms with Crippen molar-refractivity contribution in [1.29, 1.82) is 0 Å². The minimum Gasteiger partial charge on any atom is -0.507 e. The first-order valence-corrected chi connectivity index (χ1v) is 11.5. The number of Topliss-reactive ketones (excluding diaryl/α,β-unsaturated/α-hetero) is 1. The first-order valence-electron chi connectivity index (χ1n) is 11.5. The lowest BCUT2D eigenvalue weighted by atomic mass is 9.94. The van der Waals surface area contributed by atoms with Gasteiger partial charge in [0.05, 0.1) is 11.6 Å². The number of aliphatic hydroxyl groups is 1. The Kier molecular flexibility index (Phi) is 5.52. The number of aromatic nitrogens is 1. The van der Waals surface area contributed by atoms with E-state index < -0.39 is 23.5 Å². The molecular weight excluding hydrogens is 443 g/mol. The van der Waals surface area contributed by atoms with E-state index in [-0.39, 0.29) is 16.9 Å². The molecule has 1 fully saturated rings. The fraction of sp³-hybridized carbons (Fsp3) is 0.172. The third kappa shape index (κ3) is 3.62. The molecule has 1 saturated heterocycles. The summed E-state index contributed by atoms with van der Waals surface area (Å²) in [5.74, 6) is -2.23. The number of carbonyl (C=O) groups is 2. The molecule has 0 bridgehead atoms. The van der Waals surface area contributed by atoms with Crippen LogP contribution >= 0.6 is 0 Å². The van der Waals surface area contributed by atoms with Crippen LogP contribution in [0.5, 0.6) is 0 Å². The Morgan fingerprint density at radius 3 is 2.43 bits per heavy atom. The molecule has 5 nitrogen and oxygen atoms in total. The molecule has 1 N–H and O–H groups in total. The second-order valence-corrected chi connectivity index (χ2v) is 8.87. The third-order valence-electron chi connectivity index (χ3n) is 6.72. The Hall–Kier alpha value is -4.19. The molecule has 6 heteroatoms. The lowest BCUT2D eigenvalue weighted by Crippen LogP contribution is -2.29. The average Bonchev–Trinajstić information content (AvgIpc) is 3.34. The largest absolute Gasteiger partial charge is 0.507 e. The monoisotopic (exact) mass is 468 g/mol. The summed E-state index contributed by atoms with van der Waals surface area (Å²) in [6, 6.07) is 18.5. The van der Waals surface area contributed by atoms with Crippen LogP contribution in [0, 0.1) is 12.7 Å². The van der Waals surface area contributed by atoms with E-state index in [0.29, 0.717) is 11.3 Å². The number of aryl methyl sites for hydroxylation is 3. The Balaban J connectivity index is 1.79. The summed E-state index contributed by atoms with van der Waals surface area (Å²) >= 11 is 0. The molecule has 0 spiro atoms. The molecule has 0 aliphatic carbocycles. The smallest absolute Gasteiger partial charge is 0.300 e. The van der Waals surface area contributed by atoms with Crippen LogP contribution in [0.3, 0.4) is 0 Å². The van der Waals surface area contributed by atoms with Crippen molar-refractivity contribution in [2.75, 3.05) is 4.90 Å². The molecule has 5 rings (SSSR count). The number of halogens is 1. The Bertz CT molecular complexity index is 1510. The Morgan fingerprint density at radius 2 is 1.74 bits per heavy atom. The molecule has 1 aliphatic heterocycles. The summed E-state index contributed by atoms with van der Waals surface area (Å²) in [6.45, 7) is 3.63. The number of para-hydroxylation sites is 1. The van der Waals surface area contributed by atoms with E-state index in [0.717, 1.165) is 28.5 Å². The van der Waals surface area contributed by atoms with Gasteiger partial charge in [-0.1, -0.05) is 37.3 Å². The van der Waals surface area contributed by atoms with Crippen molar-refractivity contribution in [3.63, 3.8) is 0 Å². The van der Waals surface area contributed by atoms with E-state index in [1.165, 1.54) is 23.1 Å². The standard InChI is InChI=1S/C29H25FN2O3/c1-4-18-9-12-20(13-10-18)32-26(22-16-31(3)24-8-6-5-7-21(22)24)25(28(34)29(32)35)27(33)19-11-14-23(30)17(2)15-19/h5-16,26,33H,4H2,1-3H3/b27-25+. The van der Waals surface area contributed by atoms with E-state index in [4.69, 9.17) is 0 Å². The fourth-order valence-electron chi connectivity index (χ4n) is 4.82. The minimum atomic E-state index is -0.848. The van der Waals surface area contributed by atoms with Gasteiger partial charge in [-0.05, 0) is 60.9 Å². The summed E-state index contributed by atoms with van der Waals surface area (Å²) in [5.41, 5.74) is 3.94. The van der Waals surface area contributed by atoms with Gasteiger partial charge in [0.1, 0.15) is 11.6 Å². The molecular formula is C29H25FN2O3. The molecule has 0 radical (unpaired) electrons. The highest BCUT2D eigenvalue weighted by atomic mass is 19.1. The van der Waals surface area contributed by atoms with Gasteiger partial charge in [-0.15, -0.1) is 0 Å². The number of rotatable bonds is 4. The van der Waals surface area contributed by atoms with E-state index in [9.17, 15) is 19.1 Å². The van der Waals surface area contributed by atoms with Crippen molar-refractivity contribution in [2.45, 2.75) is 26.3 Å². The van der Waals surface area contributed by atoms with E-state index in [1.54, 1.807) is 6.92 Å². The molecule has 1 amide bonds. The van der Waals surface area contributed by atoms with Gasteiger partial charge in [0.25, 0.3) is 11.7 Å². The van der Waals surface area contributed by atoms with Crippen LogP contribution in [-0.4, -0.2) is 21.4 Å². The maximum Gasteiger partial charge on any atom is 0.300 e. The fourth-order valence-corrected chi connectivity index (χ4v) is 4.82. The van der Waals surface area contributed by atoms with Gasteiger partial charge >= 0.3 is 0 Å². The zero-order valence-corrected chi connectivity index (χ0v) is 19.7. The van der Waals surface area contributed by atoms with Gasteiger partial charge < -0.3 is 9.67 Å². The molecule has 1 aromatic heterocycles. The van der Waals surface area contributed by atoms with Crippen LogP contribution in [0.4, 0.5) is 10.1 Å². The van der Waals surface area contributed by atoms with Gasteiger partial charge in [0, 0.05) is 41.0 Å². The average molecular weight is 469 g/mol. The van der Waals surface area contributed by atoms with Crippen molar-refractivity contribution in [2.24, 2.45) is 7.05 Å². The molecule has 1 aliphatic rings. The van der Waals surface area contributed by atoms with Gasteiger partial charge in [0.15, 0.2) is 0 Å². The summed E-state index contributed by atoms with van der Waals surface area (Å²) in [6.07, 6.45) is 2.73. The van der Waals surface area contributed by atoms with E-state index in [2.05, 4.69) is 0 Å². The number of aliphatic hydroxyl groups excluding tert-OH is 1. The third-order valence-corrected chi connectivity index (χ3v) is 6.72. The number of hydrogen-bond donors (Lipinski definition) is 1. The lowest BCUT2D eigenvalue weighted by molar-refractivity contribution is -0.132. The SMILES string of the molecule is CCc1ccc(N2C(=O)C(=O)/C(=C(/O)c3ccc(F)c(C)c3)C2c2cn(C)c3ccccc23)cc1. The molecule has 176 valence electrons. The number of anilines is 1. The Morgan fingerprint density at radius 1 is 1.03 bits per heavy atom. The number of amides is 1. The highest BCUT2D eigenvalue weighted by molar-refractivity contribution is 6.51. The first-order chi connectivity index (χ1) is 16.8. The summed E-state index contributed by atoms with van der Waals surface area (Å²) in [5, 5.41) is 12.2. The highest BCUT2D eigenvalue weighted by Crippen LogP contribution is 2.44. The quantitative estimate of drug-likeness (QED) is 0.233. The highest BCUT2D eigenvalue weighted by Gasteiger charge is 2.47. The first kappa shape index (κ1) is 22.6. The maximum absolute atomic E-state index is 13.9. The number of ketones is 1. The van der Waals surface area contributed by atoms with Crippen LogP contribution in [-0.2, 0) is 23.1 Å². The van der Waals surface area contributed by atoms with Crippen LogP contribution in [0.2, 0.25) is 0 Å². The summed E-state index contributed by atoms with van der Waals surface area (Å²) < 4.78 is 15.8.